The summed E-state index contributed by atoms with van der Waals surface area (Å²) in [6, 6.07) is 2.23. The van der Waals surface area contributed by atoms with Gasteiger partial charge in [-0.25, -0.2) is 9.50 Å². The van der Waals surface area contributed by atoms with Gasteiger partial charge in [0.25, 0.3) is 0 Å². The van der Waals surface area contributed by atoms with Crippen LogP contribution in [-0.2, 0) is 4.79 Å². The van der Waals surface area contributed by atoms with E-state index in [9.17, 15) is 4.79 Å². The monoisotopic (exact) mass is 489 g/mol. The lowest BCUT2D eigenvalue weighted by atomic mass is 9.65. The van der Waals surface area contributed by atoms with Gasteiger partial charge in [0.2, 0.25) is 0 Å². The second-order valence-corrected chi connectivity index (χ2v) is 12.5. The van der Waals surface area contributed by atoms with Gasteiger partial charge < -0.3 is 4.98 Å². The van der Waals surface area contributed by atoms with Gasteiger partial charge in [0.1, 0.15) is 16.9 Å². The number of likely N-dealkylation sites (tertiary alicyclic amines) is 1. The van der Waals surface area contributed by atoms with Crippen molar-refractivity contribution in [2.75, 3.05) is 19.6 Å². The lowest BCUT2D eigenvalue weighted by molar-refractivity contribution is -0.122. The van der Waals surface area contributed by atoms with Gasteiger partial charge >= 0.3 is 0 Å². The van der Waals surface area contributed by atoms with Crippen LogP contribution in [-0.4, -0.2) is 49.9 Å². The molecule has 6 nitrogen and oxygen atoms in total. The Morgan fingerprint density at radius 1 is 1.26 bits per heavy atom. The molecule has 1 saturated carbocycles. The largest absolute Gasteiger partial charge is 0.346 e. The Bertz CT molecular complexity index is 1420. The topological polar surface area (TPSA) is 66.3 Å². The van der Waals surface area contributed by atoms with Crippen molar-refractivity contribution in [3.63, 3.8) is 0 Å². The lowest BCUT2D eigenvalue weighted by Crippen LogP contribution is -2.58. The molecule has 0 amide bonds. The zero-order valence-electron chi connectivity index (χ0n) is 21.4. The summed E-state index contributed by atoms with van der Waals surface area (Å²) in [4.78, 5) is 24.9. The molecule has 2 fully saturated rings. The van der Waals surface area contributed by atoms with Crippen LogP contribution in [0.4, 0.5) is 0 Å². The maximum atomic E-state index is 11.5. The SMILES string of the molecule is CC(=O)CN1CC2(CCC(c3sc4[nH]c(-c5cc(C)c6ncnn6c5)c(C(C)C)c4c3C)CC2)C1. The summed E-state index contributed by atoms with van der Waals surface area (Å²) in [5.74, 6) is 1.36. The number of carbonyl (C=O) groups excluding carboxylic acids is 1. The normalized spacial score (nSPS) is 18.8. The van der Waals surface area contributed by atoms with Gasteiger partial charge in [-0.2, -0.15) is 5.10 Å². The number of fused-ring (bicyclic) bond motifs is 2. The highest BCUT2D eigenvalue weighted by molar-refractivity contribution is 7.19. The number of ketones is 1. The van der Waals surface area contributed by atoms with Crippen LogP contribution in [0.3, 0.4) is 0 Å². The van der Waals surface area contributed by atoms with Crippen molar-refractivity contribution in [2.45, 2.75) is 72.1 Å². The Labute approximate surface area is 210 Å². The molecule has 0 radical (unpaired) electrons. The summed E-state index contributed by atoms with van der Waals surface area (Å²) in [5, 5.41) is 5.82. The smallest absolute Gasteiger partial charge is 0.158 e. The van der Waals surface area contributed by atoms with Crippen LogP contribution in [0.1, 0.15) is 79.9 Å². The summed E-state index contributed by atoms with van der Waals surface area (Å²) >= 11 is 1.98. The minimum absolute atomic E-state index is 0.287. The molecule has 0 aromatic carbocycles. The van der Waals surface area contributed by atoms with Gasteiger partial charge in [-0.1, -0.05) is 13.8 Å². The number of thiophene rings is 1. The third-order valence-electron chi connectivity index (χ3n) is 8.37. The highest BCUT2D eigenvalue weighted by Gasteiger charge is 2.45. The van der Waals surface area contributed by atoms with E-state index in [0.717, 1.165) is 24.3 Å². The molecular formula is C28H35N5OS. The molecular weight excluding hydrogens is 454 g/mol. The number of H-pyrrole nitrogens is 1. The summed E-state index contributed by atoms with van der Waals surface area (Å²) in [6.07, 6.45) is 8.83. The van der Waals surface area contributed by atoms with E-state index in [1.54, 1.807) is 18.1 Å². The third kappa shape index (κ3) is 3.75. The Balaban J connectivity index is 1.30. The molecule has 4 aromatic heterocycles. The van der Waals surface area contributed by atoms with E-state index in [1.165, 1.54) is 58.3 Å². The summed E-state index contributed by atoms with van der Waals surface area (Å²) in [6.45, 7) is 13.6. The van der Waals surface area contributed by atoms with Gasteiger partial charge in [0.05, 0.1) is 12.2 Å². The second kappa shape index (κ2) is 8.27. The molecule has 0 bridgehead atoms. The van der Waals surface area contributed by atoms with Crippen LogP contribution in [0.2, 0.25) is 0 Å². The van der Waals surface area contributed by atoms with Gasteiger partial charge in [0, 0.05) is 35.1 Å². The Hall–Kier alpha value is -2.51. The van der Waals surface area contributed by atoms with Crippen molar-refractivity contribution in [1.29, 1.82) is 0 Å². The first-order valence-electron chi connectivity index (χ1n) is 12.9. The average molecular weight is 490 g/mol. The standard InChI is InChI=1S/C28H35N5OS/c1-16(2)22-23-19(5)25(20-6-8-28(9-7-20)13-32(14-28)11-18(4)34)35-27(23)31-24(22)21-10-17(3)26-29-15-30-33(26)12-21/h10,12,15-16,20,31H,6-9,11,13-14H2,1-5H3. The molecule has 1 saturated heterocycles. The van der Waals surface area contributed by atoms with Crippen molar-refractivity contribution in [3.8, 4) is 11.3 Å². The summed E-state index contributed by atoms with van der Waals surface area (Å²) in [5.41, 5.74) is 7.81. The van der Waals surface area contributed by atoms with Crippen molar-refractivity contribution in [1.82, 2.24) is 24.5 Å². The third-order valence-corrected chi connectivity index (χ3v) is 9.74. The number of rotatable bonds is 5. The molecule has 0 unspecified atom stereocenters. The number of carbonyl (C=O) groups is 1. The van der Waals surface area contributed by atoms with Crippen LogP contribution in [0, 0.1) is 19.3 Å². The number of nitrogens with one attached hydrogen (secondary N) is 1. The first kappa shape index (κ1) is 22.9. The second-order valence-electron chi connectivity index (χ2n) is 11.4. The van der Waals surface area contributed by atoms with Crippen molar-refractivity contribution in [3.05, 3.63) is 40.2 Å². The molecule has 0 atom stereocenters. The van der Waals surface area contributed by atoms with E-state index in [1.807, 2.05) is 15.9 Å². The van der Waals surface area contributed by atoms with E-state index in [4.69, 9.17) is 0 Å². The number of Topliss-reactive ketones (excluding diaryl/α,β-unsaturated/α-hetero) is 1. The Kier molecular flexibility index (Phi) is 5.42. The Morgan fingerprint density at radius 2 is 2.00 bits per heavy atom. The maximum Gasteiger partial charge on any atom is 0.158 e. The molecule has 7 heteroatoms. The highest BCUT2D eigenvalue weighted by atomic mass is 32.1. The van der Waals surface area contributed by atoms with Gasteiger partial charge in [0.15, 0.2) is 5.65 Å². The van der Waals surface area contributed by atoms with E-state index in [-0.39, 0.29) is 5.78 Å². The van der Waals surface area contributed by atoms with Crippen LogP contribution < -0.4 is 0 Å². The Morgan fingerprint density at radius 3 is 2.69 bits per heavy atom. The lowest BCUT2D eigenvalue weighted by Gasteiger charge is -2.53. The van der Waals surface area contributed by atoms with Gasteiger partial charge in [-0.15, -0.1) is 11.3 Å². The minimum atomic E-state index is 0.287. The molecule has 35 heavy (non-hydrogen) atoms. The van der Waals surface area contributed by atoms with Crippen LogP contribution in [0.5, 0.6) is 0 Å². The van der Waals surface area contributed by atoms with Crippen molar-refractivity contribution in [2.24, 2.45) is 5.41 Å². The molecule has 2 aliphatic rings. The van der Waals surface area contributed by atoms with Crippen LogP contribution in [0.25, 0.3) is 27.1 Å². The number of aromatic amines is 1. The molecule has 5 heterocycles. The molecule has 1 aliphatic carbocycles. The first-order chi connectivity index (χ1) is 16.7. The fourth-order valence-corrected chi connectivity index (χ4v) is 8.21. The number of hydrogen-bond acceptors (Lipinski definition) is 5. The molecule has 4 aromatic rings. The molecule has 184 valence electrons. The van der Waals surface area contributed by atoms with E-state index in [0.29, 0.717) is 23.8 Å². The number of aromatic nitrogens is 4. The zero-order chi connectivity index (χ0) is 24.5. The quantitative estimate of drug-likeness (QED) is 0.361. The molecule has 6 rings (SSSR count). The number of hydrogen-bond donors (Lipinski definition) is 1. The maximum absolute atomic E-state index is 11.5. The summed E-state index contributed by atoms with van der Waals surface area (Å²) in [7, 11) is 0. The van der Waals surface area contributed by atoms with Crippen LogP contribution in [0.15, 0.2) is 18.6 Å². The molecule has 1 aliphatic heterocycles. The number of pyridine rings is 1. The highest BCUT2D eigenvalue weighted by Crippen LogP contribution is 2.52. The fraction of sp³-hybridized carbons (Fsp3) is 0.536. The van der Waals surface area contributed by atoms with Crippen molar-refractivity contribution < 1.29 is 4.79 Å². The number of nitrogens with zero attached hydrogens (tertiary/aromatic N) is 4. The fourth-order valence-electron chi connectivity index (χ4n) is 6.81. The average Bonchev–Trinajstić information content (AvgIpc) is 3.48. The molecule has 1 N–H and O–H groups in total. The van der Waals surface area contributed by atoms with E-state index in [2.05, 4.69) is 59.9 Å². The van der Waals surface area contributed by atoms with Gasteiger partial charge in [-0.05, 0) is 86.5 Å². The van der Waals surface area contributed by atoms with Crippen molar-refractivity contribution >= 4 is 33.0 Å². The minimum Gasteiger partial charge on any atom is -0.346 e. The van der Waals surface area contributed by atoms with E-state index >= 15 is 0 Å². The summed E-state index contributed by atoms with van der Waals surface area (Å²) < 4.78 is 1.89. The first-order valence-corrected chi connectivity index (χ1v) is 13.7. The predicted molar refractivity (Wildman–Crippen MR) is 142 cm³/mol. The van der Waals surface area contributed by atoms with Crippen LogP contribution >= 0.6 is 11.3 Å². The van der Waals surface area contributed by atoms with Gasteiger partial charge in [-0.3, -0.25) is 9.69 Å². The van der Waals surface area contributed by atoms with E-state index < -0.39 is 0 Å². The molecule has 1 spiro atoms. The predicted octanol–water partition coefficient (Wildman–Crippen LogP) is 6.23. The number of aryl methyl sites for hydroxylation is 2. The zero-order valence-corrected chi connectivity index (χ0v) is 22.3.